The number of nitrogens with zero attached hydrogens (tertiary/aromatic N) is 2. The second kappa shape index (κ2) is 7.49. The van der Waals surface area contributed by atoms with E-state index in [4.69, 9.17) is 0 Å². The van der Waals surface area contributed by atoms with Gasteiger partial charge in [0.1, 0.15) is 5.82 Å². The Morgan fingerprint density at radius 2 is 1.73 bits per heavy atom. The van der Waals surface area contributed by atoms with E-state index < -0.39 is 10.0 Å². The van der Waals surface area contributed by atoms with E-state index in [0.29, 0.717) is 5.82 Å². The van der Waals surface area contributed by atoms with Crippen LogP contribution < -0.4 is 10.0 Å². The Bertz CT molecular complexity index is 1150. The molecule has 3 heterocycles. The van der Waals surface area contributed by atoms with Crippen LogP contribution in [0.2, 0.25) is 0 Å². The molecule has 0 amide bonds. The van der Waals surface area contributed by atoms with E-state index in [-0.39, 0.29) is 22.4 Å². The third-order valence-corrected chi connectivity index (χ3v) is 6.70. The molecule has 0 bridgehead atoms. The third kappa shape index (κ3) is 4.22. The summed E-state index contributed by atoms with van der Waals surface area (Å²) in [7, 11) is -3.72. The maximum Gasteiger partial charge on any atom is 0.263 e. The molecular weight excluding hydrogens is 396 g/mol. The summed E-state index contributed by atoms with van der Waals surface area (Å²) in [5.41, 5.74) is 3.99. The summed E-state index contributed by atoms with van der Waals surface area (Å²) in [6.07, 6.45) is 3.58. The molecule has 2 N–H and O–H groups in total. The van der Waals surface area contributed by atoms with Gasteiger partial charge in [-0.05, 0) is 53.3 Å². The summed E-state index contributed by atoms with van der Waals surface area (Å²) in [5, 5.41) is 3.40. The Morgan fingerprint density at radius 1 is 1.00 bits per heavy atom. The number of aryl methyl sites for hydroxylation is 1. The van der Waals surface area contributed by atoms with Crippen LogP contribution in [0.5, 0.6) is 0 Å². The van der Waals surface area contributed by atoms with Gasteiger partial charge >= 0.3 is 0 Å². The highest BCUT2D eigenvalue weighted by Gasteiger charge is 2.41. The van der Waals surface area contributed by atoms with E-state index in [2.05, 4.69) is 40.8 Å². The quantitative estimate of drug-likeness (QED) is 0.599. The molecule has 0 radical (unpaired) electrons. The Labute approximate surface area is 177 Å². The molecule has 0 spiro atoms. The fraction of sp³-hybridized carbons (Fsp3) is 0.304. The fourth-order valence-electron chi connectivity index (χ4n) is 3.47. The molecule has 1 aliphatic rings. The summed E-state index contributed by atoms with van der Waals surface area (Å²) in [4.78, 5) is 8.99. The van der Waals surface area contributed by atoms with Crippen LogP contribution in [0.3, 0.4) is 0 Å². The number of sulfonamides is 1. The topological polar surface area (TPSA) is 93.9 Å². The van der Waals surface area contributed by atoms with Crippen LogP contribution in [0, 0.1) is 6.92 Å². The Morgan fingerprint density at radius 3 is 2.37 bits per heavy atom. The molecule has 3 aromatic rings. The van der Waals surface area contributed by atoms with Gasteiger partial charge in [0.25, 0.3) is 10.0 Å². The Kier molecular flexibility index (Phi) is 5.11. The Balaban J connectivity index is 1.55. The van der Waals surface area contributed by atoms with Crippen molar-refractivity contribution >= 4 is 15.8 Å². The van der Waals surface area contributed by atoms with Crippen molar-refractivity contribution in [3.63, 3.8) is 0 Å². The third-order valence-electron chi connectivity index (χ3n) is 5.33. The number of aromatic nitrogens is 2. The van der Waals surface area contributed by atoms with Crippen molar-refractivity contribution in [1.29, 1.82) is 0 Å². The number of anilines is 1. The molecule has 7 heteroatoms. The van der Waals surface area contributed by atoms with Crippen LogP contribution in [0.1, 0.15) is 55.2 Å². The average Bonchev–Trinajstić information content (AvgIpc) is 3.50. The molecule has 1 saturated heterocycles. The van der Waals surface area contributed by atoms with Crippen molar-refractivity contribution < 1.29 is 8.42 Å². The van der Waals surface area contributed by atoms with E-state index in [0.717, 1.165) is 22.4 Å². The number of pyridine rings is 2. The maximum atomic E-state index is 12.9. The standard InChI is InChI=1S/C23H26N4O2S/c1-15-7-12-19(25-20(15)22-21(26-22)16-6-5-13-24-14-16)27-30(28,29)18-10-8-17(9-11-18)23(2,3)4/h5-14,21-22,26H,1-4H3,(H,25,27). The predicted octanol–water partition coefficient (Wildman–Crippen LogP) is 4.27. The number of hydrogen-bond donors (Lipinski definition) is 2. The second-order valence-electron chi connectivity index (χ2n) is 8.69. The van der Waals surface area contributed by atoms with Crippen molar-refractivity contribution in [1.82, 2.24) is 15.3 Å². The van der Waals surface area contributed by atoms with Crippen LogP contribution in [-0.4, -0.2) is 18.4 Å². The summed E-state index contributed by atoms with van der Waals surface area (Å²) >= 11 is 0. The van der Waals surface area contributed by atoms with Crippen LogP contribution in [-0.2, 0) is 15.4 Å². The van der Waals surface area contributed by atoms with Crippen molar-refractivity contribution in [3.05, 3.63) is 83.3 Å². The van der Waals surface area contributed by atoms with E-state index in [1.54, 1.807) is 24.4 Å². The number of rotatable bonds is 5. The number of benzene rings is 1. The summed E-state index contributed by atoms with van der Waals surface area (Å²) < 4.78 is 28.3. The zero-order valence-electron chi connectivity index (χ0n) is 17.5. The smallest absolute Gasteiger partial charge is 0.263 e. The fourth-order valence-corrected chi connectivity index (χ4v) is 4.47. The predicted molar refractivity (Wildman–Crippen MR) is 118 cm³/mol. The van der Waals surface area contributed by atoms with Gasteiger partial charge in [0.05, 0.1) is 22.7 Å². The van der Waals surface area contributed by atoms with Gasteiger partial charge in [0.2, 0.25) is 0 Å². The van der Waals surface area contributed by atoms with E-state index >= 15 is 0 Å². The van der Waals surface area contributed by atoms with E-state index in [1.165, 1.54) is 0 Å². The van der Waals surface area contributed by atoms with Crippen LogP contribution in [0.4, 0.5) is 5.82 Å². The first-order chi connectivity index (χ1) is 14.1. The van der Waals surface area contributed by atoms with Gasteiger partial charge in [-0.2, -0.15) is 0 Å². The first kappa shape index (κ1) is 20.5. The second-order valence-corrected chi connectivity index (χ2v) is 10.4. The SMILES string of the molecule is Cc1ccc(NS(=O)(=O)c2ccc(C(C)(C)C)cc2)nc1C1NC1c1cccnc1. The number of nitrogens with one attached hydrogen (secondary N) is 2. The average molecular weight is 423 g/mol. The zero-order valence-corrected chi connectivity index (χ0v) is 18.4. The Hall–Kier alpha value is -2.77. The van der Waals surface area contributed by atoms with E-state index in [9.17, 15) is 8.42 Å². The minimum atomic E-state index is -3.72. The van der Waals surface area contributed by atoms with Crippen molar-refractivity contribution in [3.8, 4) is 0 Å². The molecule has 2 unspecified atom stereocenters. The highest BCUT2D eigenvalue weighted by Crippen LogP contribution is 2.42. The lowest BCUT2D eigenvalue weighted by atomic mass is 9.87. The minimum Gasteiger partial charge on any atom is -0.298 e. The van der Waals surface area contributed by atoms with Gasteiger partial charge in [-0.15, -0.1) is 0 Å². The van der Waals surface area contributed by atoms with Crippen LogP contribution in [0.25, 0.3) is 0 Å². The highest BCUT2D eigenvalue weighted by molar-refractivity contribution is 7.92. The number of hydrogen-bond acceptors (Lipinski definition) is 5. The highest BCUT2D eigenvalue weighted by atomic mass is 32.2. The van der Waals surface area contributed by atoms with Gasteiger partial charge in [-0.3, -0.25) is 15.0 Å². The lowest BCUT2D eigenvalue weighted by Crippen LogP contribution is -2.16. The molecule has 0 aliphatic carbocycles. The van der Waals surface area contributed by atoms with Crippen molar-refractivity contribution in [2.45, 2.75) is 50.1 Å². The zero-order chi connectivity index (χ0) is 21.5. The maximum absolute atomic E-state index is 12.9. The van der Waals surface area contributed by atoms with Gasteiger partial charge in [0, 0.05) is 12.4 Å². The van der Waals surface area contributed by atoms with Gasteiger partial charge in [0.15, 0.2) is 0 Å². The lowest BCUT2D eigenvalue weighted by Gasteiger charge is -2.19. The first-order valence-electron chi connectivity index (χ1n) is 9.92. The molecule has 0 saturated carbocycles. The molecule has 6 nitrogen and oxygen atoms in total. The van der Waals surface area contributed by atoms with Gasteiger partial charge < -0.3 is 0 Å². The lowest BCUT2D eigenvalue weighted by molar-refractivity contribution is 0.587. The molecule has 2 atom stereocenters. The van der Waals surface area contributed by atoms with Gasteiger partial charge in [-0.1, -0.05) is 45.0 Å². The van der Waals surface area contributed by atoms with Gasteiger partial charge in [-0.25, -0.2) is 13.4 Å². The van der Waals surface area contributed by atoms with E-state index in [1.807, 2.05) is 43.5 Å². The minimum absolute atomic E-state index is 0.0365. The van der Waals surface area contributed by atoms with Crippen LogP contribution >= 0.6 is 0 Å². The molecule has 1 fully saturated rings. The normalized spacial score (nSPS) is 18.8. The molecule has 1 aromatic carbocycles. The molecular formula is C23H26N4O2S. The molecule has 30 heavy (non-hydrogen) atoms. The van der Waals surface area contributed by atoms with Crippen molar-refractivity contribution in [2.24, 2.45) is 0 Å². The largest absolute Gasteiger partial charge is 0.298 e. The first-order valence-corrected chi connectivity index (χ1v) is 11.4. The molecule has 1 aliphatic heterocycles. The summed E-state index contributed by atoms with van der Waals surface area (Å²) in [6, 6.07) is 14.7. The molecule has 156 valence electrons. The summed E-state index contributed by atoms with van der Waals surface area (Å²) in [6.45, 7) is 8.26. The van der Waals surface area contributed by atoms with Crippen LogP contribution in [0.15, 0.2) is 65.8 Å². The molecule has 2 aromatic heterocycles. The monoisotopic (exact) mass is 422 g/mol. The summed E-state index contributed by atoms with van der Waals surface area (Å²) in [5.74, 6) is 0.314. The van der Waals surface area contributed by atoms with Crippen molar-refractivity contribution in [2.75, 3.05) is 4.72 Å². The molecule has 4 rings (SSSR count).